The summed E-state index contributed by atoms with van der Waals surface area (Å²) in [6, 6.07) is 0. The largest absolute Gasteiger partial charge is 0.227 e. The van der Waals surface area contributed by atoms with E-state index in [1.807, 2.05) is 0 Å². The van der Waals surface area contributed by atoms with Crippen LogP contribution in [-0.2, 0) is 9.84 Å². The lowest BCUT2D eigenvalue weighted by molar-refractivity contribution is 0.441. The minimum atomic E-state index is -2.83. The van der Waals surface area contributed by atoms with Crippen LogP contribution in [0.2, 0.25) is 0 Å². The van der Waals surface area contributed by atoms with Gasteiger partial charge in [-0.25, -0.2) is 13.7 Å². The van der Waals surface area contributed by atoms with E-state index in [9.17, 15) is 8.42 Å². The van der Waals surface area contributed by atoms with Gasteiger partial charge in [0.15, 0.2) is 9.84 Å². The predicted octanol–water partition coefficient (Wildman–Crippen LogP) is -0.635. The molecule has 0 aromatic heterocycles. The maximum absolute atomic E-state index is 10.5. The third-order valence-corrected chi connectivity index (χ3v) is 2.58. The van der Waals surface area contributed by atoms with Crippen LogP contribution >= 0.6 is 0 Å². The van der Waals surface area contributed by atoms with Crippen LogP contribution in [0.1, 0.15) is 6.42 Å². The number of rotatable bonds is 1. The van der Waals surface area contributed by atoms with Gasteiger partial charge in [-0.15, -0.1) is 0 Å². The Hall–Kier alpha value is -0.0900. The quantitative estimate of drug-likeness (QED) is 0.479. The number of hydrogen-bond donors (Lipinski definition) is 0. The summed E-state index contributed by atoms with van der Waals surface area (Å²) >= 11 is 0. The second kappa shape index (κ2) is 1.70. The molecule has 0 aromatic carbocycles. The molecule has 1 aliphatic rings. The van der Waals surface area contributed by atoms with Crippen LogP contribution in [0.4, 0.5) is 0 Å². The van der Waals surface area contributed by atoms with Crippen LogP contribution in [0.3, 0.4) is 0 Å². The van der Waals surface area contributed by atoms with Gasteiger partial charge in [0.2, 0.25) is 0 Å². The number of hydrogen-bond acceptors (Lipinski definition) is 2. The first-order valence-electron chi connectivity index (χ1n) is 2.46. The fourth-order valence-corrected chi connectivity index (χ4v) is 1.49. The van der Waals surface area contributed by atoms with Gasteiger partial charge in [0.05, 0.1) is 0 Å². The molecule has 1 aliphatic heterocycles. The molecule has 3 nitrogen and oxygen atoms in total. The summed E-state index contributed by atoms with van der Waals surface area (Å²) in [7, 11) is -2.83. The summed E-state index contributed by atoms with van der Waals surface area (Å²) in [5, 5.41) is 3.38. The van der Waals surface area contributed by atoms with Crippen LogP contribution in [0.15, 0.2) is 0 Å². The Labute approximate surface area is 49.0 Å². The second-order valence-corrected chi connectivity index (χ2v) is 4.18. The molecule has 47 valence electrons. The molecule has 1 fully saturated rings. The Morgan fingerprint density at radius 2 is 2.12 bits per heavy atom. The second-order valence-electron chi connectivity index (χ2n) is 1.98. The third-order valence-electron chi connectivity index (χ3n) is 1.20. The van der Waals surface area contributed by atoms with Crippen molar-refractivity contribution in [2.75, 3.05) is 12.8 Å². The minimum absolute atomic E-state index is 0.373. The first kappa shape index (κ1) is 6.04. The highest BCUT2D eigenvalue weighted by molar-refractivity contribution is 7.91. The van der Waals surface area contributed by atoms with Crippen molar-refractivity contribution in [3.05, 3.63) is 0 Å². The smallest absolute Gasteiger partial charge is 0.164 e. The summed E-state index contributed by atoms with van der Waals surface area (Å²) in [5.41, 5.74) is 0. The van der Waals surface area contributed by atoms with Gasteiger partial charge in [0.1, 0.15) is 5.37 Å². The third kappa shape index (κ3) is 1.00. The first-order valence-corrected chi connectivity index (χ1v) is 4.41. The van der Waals surface area contributed by atoms with Crippen LogP contribution in [0, 0.1) is 0 Å². The molecular weight excluding hydrogens is 126 g/mol. The lowest BCUT2D eigenvalue weighted by Gasteiger charge is -2.22. The monoisotopic (exact) mass is 134 g/mol. The van der Waals surface area contributed by atoms with Crippen molar-refractivity contribution >= 4 is 9.84 Å². The Morgan fingerprint density at radius 1 is 1.62 bits per heavy atom. The molecule has 1 rings (SSSR count). The molecular formula is C4H8NO2S. The van der Waals surface area contributed by atoms with Gasteiger partial charge in [0, 0.05) is 12.8 Å². The van der Waals surface area contributed by atoms with E-state index in [1.54, 1.807) is 0 Å². The molecule has 0 aliphatic carbocycles. The fraction of sp³-hybridized carbons (Fsp3) is 1.00. The fourth-order valence-electron chi connectivity index (χ4n) is 0.584. The molecule has 4 heteroatoms. The van der Waals surface area contributed by atoms with Gasteiger partial charge >= 0.3 is 0 Å². The first-order chi connectivity index (χ1) is 3.61. The Morgan fingerprint density at radius 3 is 2.12 bits per heavy atom. The zero-order chi connectivity index (χ0) is 6.20. The summed E-state index contributed by atoms with van der Waals surface area (Å²) < 4.78 is 21.0. The zero-order valence-corrected chi connectivity index (χ0v) is 5.48. The van der Waals surface area contributed by atoms with Gasteiger partial charge < -0.3 is 0 Å². The maximum atomic E-state index is 10.5. The Bertz CT molecular complexity index is 168. The molecule has 0 aromatic rings. The molecule has 8 heavy (non-hydrogen) atoms. The Balaban J connectivity index is 2.60. The van der Waals surface area contributed by atoms with E-state index in [-0.39, 0.29) is 5.37 Å². The summed E-state index contributed by atoms with van der Waals surface area (Å²) in [6.07, 6.45) is 1.94. The molecule has 0 amide bonds. The SMILES string of the molecule is CS(=O)(=O)C1CC[N]1. The number of nitrogens with zero attached hydrogens (tertiary/aromatic N) is 1. The van der Waals surface area contributed by atoms with Gasteiger partial charge in [0.25, 0.3) is 0 Å². The normalized spacial score (nSPS) is 29.4. The highest BCUT2D eigenvalue weighted by Crippen LogP contribution is 2.09. The van der Waals surface area contributed by atoms with E-state index >= 15 is 0 Å². The van der Waals surface area contributed by atoms with Crippen molar-refractivity contribution in [3.63, 3.8) is 0 Å². The highest BCUT2D eigenvalue weighted by Gasteiger charge is 2.27. The van der Waals surface area contributed by atoms with Crippen LogP contribution in [-0.4, -0.2) is 26.6 Å². The minimum Gasteiger partial charge on any atom is -0.227 e. The maximum Gasteiger partial charge on any atom is 0.164 e. The lowest BCUT2D eigenvalue weighted by Crippen LogP contribution is -2.42. The summed E-state index contributed by atoms with van der Waals surface area (Å²) in [5.74, 6) is 0. The number of sulfone groups is 1. The summed E-state index contributed by atoms with van der Waals surface area (Å²) in [4.78, 5) is 0. The molecule has 0 saturated carbocycles. The van der Waals surface area contributed by atoms with Gasteiger partial charge in [-0.1, -0.05) is 0 Å². The molecule has 0 spiro atoms. The van der Waals surface area contributed by atoms with E-state index in [4.69, 9.17) is 0 Å². The standard InChI is InChI=1S/C4H8NO2S/c1-8(6,7)4-2-3-5-4/h4H,2-3H2,1H3. The molecule has 1 saturated heterocycles. The molecule has 1 atom stereocenters. The zero-order valence-electron chi connectivity index (χ0n) is 4.66. The molecule has 0 bridgehead atoms. The Kier molecular flexibility index (Phi) is 1.28. The van der Waals surface area contributed by atoms with Gasteiger partial charge in [-0.05, 0) is 6.42 Å². The van der Waals surface area contributed by atoms with Crippen molar-refractivity contribution in [1.82, 2.24) is 5.32 Å². The van der Waals surface area contributed by atoms with Crippen molar-refractivity contribution in [3.8, 4) is 0 Å². The molecule has 1 unspecified atom stereocenters. The predicted molar refractivity (Wildman–Crippen MR) is 30.2 cm³/mol. The van der Waals surface area contributed by atoms with E-state index in [0.29, 0.717) is 0 Å². The van der Waals surface area contributed by atoms with Crippen molar-refractivity contribution in [2.45, 2.75) is 11.8 Å². The van der Waals surface area contributed by atoms with Gasteiger partial charge in [-0.2, -0.15) is 0 Å². The molecule has 1 radical (unpaired) electrons. The topological polar surface area (TPSA) is 48.2 Å². The molecule has 0 N–H and O–H groups in total. The molecule has 1 heterocycles. The summed E-state index contributed by atoms with van der Waals surface area (Å²) in [6.45, 7) is 0.720. The van der Waals surface area contributed by atoms with E-state index < -0.39 is 9.84 Å². The van der Waals surface area contributed by atoms with Crippen LogP contribution in [0.5, 0.6) is 0 Å². The van der Waals surface area contributed by atoms with Crippen LogP contribution in [0.25, 0.3) is 0 Å². The van der Waals surface area contributed by atoms with E-state index in [2.05, 4.69) is 5.32 Å². The van der Waals surface area contributed by atoms with Crippen molar-refractivity contribution < 1.29 is 8.42 Å². The van der Waals surface area contributed by atoms with Crippen molar-refractivity contribution in [2.24, 2.45) is 0 Å². The van der Waals surface area contributed by atoms with Crippen LogP contribution < -0.4 is 5.32 Å². The average Bonchev–Trinajstić information content (AvgIpc) is 1.16. The van der Waals surface area contributed by atoms with Gasteiger partial charge in [-0.3, -0.25) is 0 Å². The average molecular weight is 134 g/mol. The van der Waals surface area contributed by atoms with Crippen molar-refractivity contribution in [1.29, 1.82) is 0 Å². The lowest BCUT2D eigenvalue weighted by atomic mass is 10.3. The highest BCUT2D eigenvalue weighted by atomic mass is 32.2. The van der Waals surface area contributed by atoms with E-state index in [1.165, 1.54) is 6.26 Å². The van der Waals surface area contributed by atoms with E-state index in [0.717, 1.165) is 13.0 Å².